The molecule has 10 heteroatoms. The quantitative estimate of drug-likeness (QED) is 0.314. The van der Waals surface area contributed by atoms with Gasteiger partial charge in [0.05, 0.1) is 16.7 Å². The molecule has 0 unspecified atom stereocenters. The first-order chi connectivity index (χ1) is 13.8. The Morgan fingerprint density at radius 2 is 1.70 bits per heavy atom. The highest BCUT2D eigenvalue weighted by Crippen LogP contribution is 2.84. The lowest BCUT2D eigenvalue weighted by atomic mass is 9.51. The van der Waals surface area contributed by atoms with Crippen LogP contribution >= 0.6 is 0 Å². The minimum atomic E-state index is -2.24. The van der Waals surface area contributed by atoms with Gasteiger partial charge in [0.25, 0.3) is 0 Å². The van der Waals surface area contributed by atoms with E-state index in [2.05, 4.69) is 0 Å². The molecule has 2 saturated carbocycles. The number of carbonyl (C=O) groups is 3. The summed E-state index contributed by atoms with van der Waals surface area (Å²) in [7, 11) is 0. The van der Waals surface area contributed by atoms with Crippen LogP contribution in [-0.4, -0.2) is 75.1 Å². The van der Waals surface area contributed by atoms with Crippen LogP contribution in [0.4, 0.5) is 0 Å². The fourth-order valence-electron chi connectivity index (χ4n) is 8.12. The van der Waals surface area contributed by atoms with Crippen LogP contribution in [0.5, 0.6) is 0 Å². The van der Waals surface area contributed by atoms with Crippen molar-refractivity contribution in [1.82, 2.24) is 0 Å². The molecule has 11 atom stereocenters. The SMILES string of the molecule is C[C@@H]1C(=O)O[C@H]2[C@@H](O)[C@]34[C@H]5C[C@@H](C(C)(C)C)[C@@]36[C@@H](OC(=O)[C@@H]6O)O[C@@]4(C(=O)O5)[C@@]12O. The Labute approximate surface area is 171 Å². The lowest BCUT2D eigenvalue weighted by Crippen LogP contribution is -2.67. The molecule has 4 saturated heterocycles. The van der Waals surface area contributed by atoms with Crippen LogP contribution in [-0.2, 0) is 33.3 Å². The van der Waals surface area contributed by atoms with Gasteiger partial charge in [-0.1, -0.05) is 20.8 Å². The molecule has 4 aliphatic heterocycles. The molecule has 0 amide bonds. The number of fused-ring (bicyclic) bond motifs is 1. The zero-order chi connectivity index (χ0) is 21.8. The van der Waals surface area contributed by atoms with Gasteiger partial charge in [0, 0.05) is 0 Å². The van der Waals surface area contributed by atoms with Crippen molar-refractivity contribution in [3.8, 4) is 0 Å². The maximum absolute atomic E-state index is 13.4. The van der Waals surface area contributed by atoms with Gasteiger partial charge in [0.2, 0.25) is 11.9 Å². The number of aliphatic hydroxyl groups is 3. The fourth-order valence-corrected chi connectivity index (χ4v) is 8.12. The Morgan fingerprint density at radius 3 is 2.33 bits per heavy atom. The van der Waals surface area contributed by atoms with Crippen LogP contribution in [0.25, 0.3) is 0 Å². The largest absolute Gasteiger partial charge is 0.459 e. The van der Waals surface area contributed by atoms with Gasteiger partial charge >= 0.3 is 17.9 Å². The van der Waals surface area contributed by atoms with E-state index in [9.17, 15) is 29.7 Å². The van der Waals surface area contributed by atoms with E-state index in [-0.39, 0.29) is 6.42 Å². The van der Waals surface area contributed by atoms with Gasteiger partial charge in [-0.15, -0.1) is 0 Å². The van der Waals surface area contributed by atoms with Crippen LogP contribution in [0, 0.1) is 28.1 Å². The molecule has 6 rings (SSSR count). The molecule has 2 aliphatic carbocycles. The highest BCUT2D eigenvalue weighted by atomic mass is 16.8. The second kappa shape index (κ2) is 4.69. The van der Waals surface area contributed by atoms with E-state index in [0.717, 1.165) is 0 Å². The van der Waals surface area contributed by atoms with E-state index < -0.39 is 87.9 Å². The number of carbonyl (C=O) groups excluding carboxylic acids is 3. The zero-order valence-corrected chi connectivity index (χ0v) is 16.9. The van der Waals surface area contributed by atoms with E-state index in [4.69, 9.17) is 18.9 Å². The maximum Gasteiger partial charge on any atom is 0.343 e. The van der Waals surface area contributed by atoms with E-state index in [1.807, 2.05) is 20.8 Å². The Balaban J connectivity index is 1.72. The number of ether oxygens (including phenoxy) is 4. The van der Waals surface area contributed by atoms with Crippen molar-refractivity contribution >= 4 is 17.9 Å². The van der Waals surface area contributed by atoms with Gasteiger partial charge in [-0.2, -0.15) is 0 Å². The molecule has 0 aromatic carbocycles. The highest BCUT2D eigenvalue weighted by Gasteiger charge is 3.03. The molecular weight excluding hydrogens is 400 g/mol. The molecular formula is C20H24O10. The Hall–Kier alpha value is -1.75. The van der Waals surface area contributed by atoms with Crippen molar-refractivity contribution in [2.45, 2.75) is 76.0 Å². The second-order valence-electron chi connectivity index (χ2n) is 10.7. The summed E-state index contributed by atoms with van der Waals surface area (Å²) >= 11 is 0. The monoisotopic (exact) mass is 424 g/mol. The second-order valence-corrected chi connectivity index (χ2v) is 10.7. The molecule has 6 fully saturated rings. The lowest BCUT2D eigenvalue weighted by Gasteiger charge is -2.47. The smallest absolute Gasteiger partial charge is 0.343 e. The molecule has 0 aromatic heterocycles. The van der Waals surface area contributed by atoms with E-state index in [0.29, 0.717) is 0 Å². The third kappa shape index (κ3) is 1.33. The van der Waals surface area contributed by atoms with E-state index >= 15 is 0 Å². The number of esters is 3. The summed E-state index contributed by atoms with van der Waals surface area (Å²) in [5.74, 6) is -4.32. The Bertz CT molecular complexity index is 925. The molecule has 2 spiro atoms. The van der Waals surface area contributed by atoms with Gasteiger partial charge in [0.15, 0.2) is 17.8 Å². The number of hydrogen-bond acceptors (Lipinski definition) is 10. The summed E-state index contributed by atoms with van der Waals surface area (Å²) in [6, 6.07) is 0. The van der Waals surface area contributed by atoms with Crippen LogP contribution in [0.2, 0.25) is 0 Å². The first kappa shape index (κ1) is 19.0. The van der Waals surface area contributed by atoms with Crippen molar-refractivity contribution in [3.63, 3.8) is 0 Å². The number of rotatable bonds is 0. The maximum atomic E-state index is 13.4. The normalized spacial score (nSPS) is 60.1. The topological polar surface area (TPSA) is 149 Å². The van der Waals surface area contributed by atoms with Gasteiger partial charge in [-0.05, 0) is 24.7 Å². The van der Waals surface area contributed by atoms with Crippen molar-refractivity contribution < 1.29 is 48.7 Å². The third-order valence-corrected chi connectivity index (χ3v) is 9.00. The average molecular weight is 424 g/mol. The van der Waals surface area contributed by atoms with Gasteiger partial charge < -0.3 is 34.3 Å². The van der Waals surface area contributed by atoms with Crippen LogP contribution < -0.4 is 0 Å². The molecule has 0 aromatic rings. The van der Waals surface area contributed by atoms with Gasteiger partial charge in [-0.3, -0.25) is 4.79 Å². The summed E-state index contributed by atoms with van der Waals surface area (Å²) in [4.78, 5) is 38.2. The first-order valence-electron chi connectivity index (χ1n) is 10.2. The predicted molar refractivity (Wildman–Crippen MR) is 92.0 cm³/mol. The van der Waals surface area contributed by atoms with Crippen molar-refractivity contribution in [2.75, 3.05) is 0 Å². The van der Waals surface area contributed by atoms with Gasteiger partial charge in [-0.25, -0.2) is 9.59 Å². The molecule has 10 nitrogen and oxygen atoms in total. The predicted octanol–water partition coefficient (Wildman–Crippen LogP) is -1.37. The van der Waals surface area contributed by atoms with Crippen molar-refractivity contribution in [2.24, 2.45) is 28.1 Å². The summed E-state index contributed by atoms with van der Waals surface area (Å²) < 4.78 is 22.5. The number of hydrogen-bond donors (Lipinski definition) is 3. The van der Waals surface area contributed by atoms with Crippen LogP contribution in [0.1, 0.15) is 34.1 Å². The molecule has 0 bridgehead atoms. The lowest BCUT2D eigenvalue weighted by molar-refractivity contribution is -0.239. The zero-order valence-electron chi connectivity index (χ0n) is 16.9. The Kier molecular flexibility index (Phi) is 2.97. The molecule has 164 valence electrons. The summed E-state index contributed by atoms with van der Waals surface area (Å²) in [6.45, 7) is 7.14. The summed E-state index contributed by atoms with van der Waals surface area (Å²) in [5.41, 5.74) is -8.26. The molecule has 3 N–H and O–H groups in total. The number of aliphatic hydroxyl groups excluding tert-OH is 2. The standard InChI is InChI=1S/C20H24O10/c1-6-12(23)28-11-9(21)18-8-5-7(16(2,3)4)17(18)10(22)13(24)29-15(17)30-20(18,14(25)27-8)19(6,11)26/h6-11,15,21-22,26H,5H2,1-4H3/t6-,7+,8-,9-,10+,11+,15+,17-,18-,19-,20-/m1/s1. The average Bonchev–Trinajstić information content (AvgIpc) is 3.35. The molecule has 6 aliphatic rings. The molecule has 4 heterocycles. The van der Waals surface area contributed by atoms with Crippen LogP contribution in [0.3, 0.4) is 0 Å². The van der Waals surface area contributed by atoms with Crippen LogP contribution in [0.15, 0.2) is 0 Å². The first-order valence-corrected chi connectivity index (χ1v) is 10.2. The third-order valence-electron chi connectivity index (χ3n) is 9.00. The fraction of sp³-hybridized carbons (Fsp3) is 0.850. The Morgan fingerprint density at radius 1 is 1.03 bits per heavy atom. The van der Waals surface area contributed by atoms with E-state index in [1.165, 1.54) is 6.92 Å². The minimum absolute atomic E-state index is 0.229. The molecule has 30 heavy (non-hydrogen) atoms. The molecule has 0 radical (unpaired) electrons. The summed E-state index contributed by atoms with van der Waals surface area (Å²) in [6.07, 6.45) is -6.91. The summed E-state index contributed by atoms with van der Waals surface area (Å²) in [5, 5.41) is 34.7. The van der Waals surface area contributed by atoms with Gasteiger partial charge in [0.1, 0.15) is 12.2 Å². The van der Waals surface area contributed by atoms with Crippen molar-refractivity contribution in [3.05, 3.63) is 0 Å². The van der Waals surface area contributed by atoms with Crippen molar-refractivity contribution in [1.29, 1.82) is 0 Å². The highest BCUT2D eigenvalue weighted by molar-refractivity contribution is 5.94. The van der Waals surface area contributed by atoms with E-state index in [1.54, 1.807) is 0 Å². The minimum Gasteiger partial charge on any atom is -0.459 e.